The summed E-state index contributed by atoms with van der Waals surface area (Å²) in [5.74, 6) is 0.143. The van der Waals surface area contributed by atoms with Crippen LogP contribution in [0.5, 0.6) is 0 Å². The maximum absolute atomic E-state index is 14.9. The molecule has 1 aromatic heterocycles. The third kappa shape index (κ3) is 5.51. The summed E-state index contributed by atoms with van der Waals surface area (Å²) in [6.45, 7) is 9.70. The molecule has 2 aromatic rings. The number of amides is 1. The van der Waals surface area contributed by atoms with Crippen molar-refractivity contribution in [1.82, 2.24) is 20.2 Å². The van der Waals surface area contributed by atoms with E-state index in [1.165, 1.54) is 6.07 Å². The Hall–Kier alpha value is -2.98. The summed E-state index contributed by atoms with van der Waals surface area (Å²) < 4.78 is 26.0. The average Bonchev–Trinajstić information content (AvgIpc) is 2.80. The Balaban J connectivity index is 1.42. The van der Waals surface area contributed by atoms with Crippen LogP contribution in [0.2, 0.25) is 0 Å². The van der Waals surface area contributed by atoms with E-state index in [1.54, 1.807) is 23.4 Å². The van der Waals surface area contributed by atoms with E-state index in [2.05, 4.69) is 15.3 Å². The molecule has 2 aliphatic rings. The largest absolute Gasteiger partial charge is 0.444 e. The molecule has 3 N–H and O–H groups in total. The maximum atomic E-state index is 14.9. The summed E-state index contributed by atoms with van der Waals surface area (Å²) in [6, 6.07) is 3.05. The number of nitrogens with one attached hydrogen (secondary N) is 1. The zero-order chi connectivity index (χ0) is 23.6. The fourth-order valence-corrected chi connectivity index (χ4v) is 3.91. The molecule has 1 atom stereocenters. The molecule has 3 heterocycles. The third-order valence-electron chi connectivity index (χ3n) is 5.61. The average molecular weight is 459 g/mol. The van der Waals surface area contributed by atoms with Crippen LogP contribution in [0.15, 0.2) is 24.5 Å². The number of aromatic nitrogens is 2. The minimum absolute atomic E-state index is 0.264. The maximum Gasteiger partial charge on any atom is 0.410 e. The zero-order valence-electron chi connectivity index (χ0n) is 19.3. The van der Waals surface area contributed by atoms with Gasteiger partial charge in [0.15, 0.2) is 0 Å². The van der Waals surface area contributed by atoms with Crippen molar-refractivity contribution in [3.63, 3.8) is 0 Å². The Labute approximate surface area is 193 Å². The number of morpholine rings is 1. The molecular weight excluding hydrogens is 427 g/mol. The smallest absolute Gasteiger partial charge is 0.410 e. The third-order valence-corrected chi connectivity index (χ3v) is 5.61. The quantitative estimate of drug-likeness (QED) is 0.676. The van der Waals surface area contributed by atoms with Crippen molar-refractivity contribution < 1.29 is 18.7 Å². The first-order valence-electron chi connectivity index (χ1n) is 11.2. The Bertz CT molecular complexity index is 981. The van der Waals surface area contributed by atoms with Crippen LogP contribution < -0.4 is 16.0 Å². The van der Waals surface area contributed by atoms with Gasteiger partial charge in [-0.1, -0.05) is 0 Å². The van der Waals surface area contributed by atoms with Gasteiger partial charge in [-0.3, -0.25) is 0 Å². The number of piperazine rings is 1. The number of rotatable bonds is 3. The van der Waals surface area contributed by atoms with Crippen molar-refractivity contribution in [2.45, 2.75) is 32.5 Å². The number of nitrogens with zero attached hydrogens (tertiary/aromatic N) is 4. The molecule has 0 spiro atoms. The molecule has 1 aromatic carbocycles. The molecule has 0 saturated carbocycles. The number of nitrogens with two attached hydrogens (primary N) is 1. The molecule has 10 heteroatoms. The van der Waals surface area contributed by atoms with Crippen LogP contribution in [0, 0.1) is 5.82 Å². The summed E-state index contributed by atoms with van der Waals surface area (Å²) in [6.07, 6.45) is 2.61. The van der Waals surface area contributed by atoms with Crippen molar-refractivity contribution in [2.24, 2.45) is 0 Å². The van der Waals surface area contributed by atoms with E-state index in [4.69, 9.17) is 15.2 Å². The second-order valence-corrected chi connectivity index (χ2v) is 9.25. The lowest BCUT2D eigenvalue weighted by atomic mass is 10.00. The monoisotopic (exact) mass is 458 g/mol. The van der Waals surface area contributed by atoms with Gasteiger partial charge < -0.3 is 30.3 Å². The number of hydrogen-bond donors (Lipinski definition) is 2. The highest BCUT2D eigenvalue weighted by Gasteiger charge is 2.27. The summed E-state index contributed by atoms with van der Waals surface area (Å²) in [5.41, 5.74) is 7.70. The summed E-state index contributed by atoms with van der Waals surface area (Å²) in [7, 11) is 0. The normalized spacial score (nSPS) is 19.5. The van der Waals surface area contributed by atoms with Crippen LogP contribution >= 0.6 is 0 Å². The predicted molar refractivity (Wildman–Crippen MR) is 123 cm³/mol. The van der Waals surface area contributed by atoms with Crippen LogP contribution in [0.1, 0.15) is 32.4 Å². The molecule has 1 unspecified atom stereocenters. The highest BCUT2D eigenvalue weighted by Crippen LogP contribution is 2.32. The van der Waals surface area contributed by atoms with Gasteiger partial charge in [-0.25, -0.2) is 19.2 Å². The SMILES string of the molecule is CC(C)(C)OC(=O)N1CCN(c2ncc(-c3cc(N)c(C4CNCCO4)cc3F)cn2)CC1. The highest BCUT2D eigenvalue weighted by atomic mass is 19.1. The lowest BCUT2D eigenvalue weighted by Crippen LogP contribution is -2.50. The second kappa shape index (κ2) is 9.48. The van der Waals surface area contributed by atoms with Gasteiger partial charge in [0.25, 0.3) is 0 Å². The number of nitrogen functional groups attached to an aromatic ring is 1. The fourth-order valence-electron chi connectivity index (χ4n) is 3.91. The first-order valence-corrected chi connectivity index (χ1v) is 11.2. The molecule has 2 aliphatic heterocycles. The number of ether oxygens (including phenoxy) is 2. The van der Waals surface area contributed by atoms with Crippen LogP contribution in [0.3, 0.4) is 0 Å². The van der Waals surface area contributed by atoms with Crippen LogP contribution in [0.25, 0.3) is 11.1 Å². The summed E-state index contributed by atoms with van der Waals surface area (Å²) >= 11 is 0. The predicted octanol–water partition coefficient (Wildman–Crippen LogP) is 2.58. The van der Waals surface area contributed by atoms with Gasteiger partial charge >= 0.3 is 6.09 Å². The highest BCUT2D eigenvalue weighted by molar-refractivity contribution is 5.70. The topological polar surface area (TPSA) is 106 Å². The van der Waals surface area contributed by atoms with Gasteiger partial charge in [-0.2, -0.15) is 0 Å². The number of carbonyl (C=O) groups is 1. The minimum Gasteiger partial charge on any atom is -0.444 e. The van der Waals surface area contributed by atoms with Gasteiger partial charge in [0, 0.05) is 74.0 Å². The van der Waals surface area contributed by atoms with Crippen molar-refractivity contribution in [2.75, 3.05) is 56.5 Å². The Morgan fingerprint density at radius 3 is 2.52 bits per heavy atom. The summed E-state index contributed by atoms with van der Waals surface area (Å²) in [4.78, 5) is 24.8. The first-order chi connectivity index (χ1) is 15.7. The number of halogens is 1. The van der Waals surface area contributed by atoms with E-state index < -0.39 is 11.4 Å². The Kier molecular flexibility index (Phi) is 6.66. The molecule has 0 aliphatic carbocycles. The molecule has 0 radical (unpaired) electrons. The van der Waals surface area contributed by atoms with E-state index in [1.807, 2.05) is 25.7 Å². The molecular formula is C23H31FN6O3. The van der Waals surface area contributed by atoms with Crippen molar-refractivity contribution in [3.8, 4) is 11.1 Å². The van der Waals surface area contributed by atoms with Crippen molar-refractivity contribution in [1.29, 1.82) is 0 Å². The number of hydrogen-bond acceptors (Lipinski definition) is 8. The second-order valence-electron chi connectivity index (χ2n) is 9.25. The summed E-state index contributed by atoms with van der Waals surface area (Å²) in [5, 5.41) is 3.23. The van der Waals surface area contributed by atoms with Crippen molar-refractivity contribution >= 4 is 17.7 Å². The lowest BCUT2D eigenvalue weighted by molar-refractivity contribution is 0.0240. The van der Waals surface area contributed by atoms with Gasteiger partial charge in [0.05, 0.1) is 12.7 Å². The number of benzene rings is 1. The standard InChI is InChI=1S/C23H31FN6O3/c1-23(2,3)33-22(31)30-7-5-29(6-8-30)21-27-12-15(13-28-21)16-11-19(25)17(10-18(16)24)20-14-26-4-9-32-20/h10-13,20,26H,4-9,14,25H2,1-3H3. The molecule has 2 fully saturated rings. The van der Waals surface area contributed by atoms with E-state index in [9.17, 15) is 9.18 Å². The van der Waals surface area contributed by atoms with E-state index >= 15 is 0 Å². The fraction of sp³-hybridized carbons (Fsp3) is 0.522. The van der Waals surface area contributed by atoms with Gasteiger partial charge in [0.2, 0.25) is 5.95 Å². The number of carbonyl (C=O) groups excluding carboxylic acids is 1. The lowest BCUT2D eigenvalue weighted by Gasteiger charge is -2.35. The van der Waals surface area contributed by atoms with Gasteiger partial charge in [-0.15, -0.1) is 0 Å². The molecule has 9 nitrogen and oxygen atoms in total. The van der Waals surface area contributed by atoms with E-state index in [-0.39, 0.29) is 12.2 Å². The minimum atomic E-state index is -0.523. The van der Waals surface area contributed by atoms with E-state index in [0.29, 0.717) is 67.7 Å². The van der Waals surface area contributed by atoms with Crippen LogP contribution in [-0.4, -0.2) is 72.4 Å². The molecule has 178 valence electrons. The molecule has 0 bridgehead atoms. The molecule has 1 amide bonds. The van der Waals surface area contributed by atoms with Gasteiger partial charge in [0.1, 0.15) is 11.4 Å². The first kappa shape index (κ1) is 23.2. The molecule has 33 heavy (non-hydrogen) atoms. The van der Waals surface area contributed by atoms with Crippen molar-refractivity contribution in [3.05, 3.63) is 35.9 Å². The van der Waals surface area contributed by atoms with E-state index in [0.717, 1.165) is 6.54 Å². The van der Waals surface area contributed by atoms with Crippen LogP contribution in [0.4, 0.5) is 20.8 Å². The number of anilines is 2. The Morgan fingerprint density at radius 2 is 1.91 bits per heavy atom. The van der Waals surface area contributed by atoms with Gasteiger partial charge in [-0.05, 0) is 32.9 Å². The zero-order valence-corrected chi connectivity index (χ0v) is 19.3. The molecule has 4 rings (SSSR count). The molecule has 2 saturated heterocycles. The Morgan fingerprint density at radius 1 is 1.21 bits per heavy atom. The van der Waals surface area contributed by atoms with Crippen LogP contribution in [-0.2, 0) is 9.47 Å².